The summed E-state index contributed by atoms with van der Waals surface area (Å²) in [5, 5.41) is 8.89. The number of para-hydroxylation sites is 1. The van der Waals surface area contributed by atoms with Crippen molar-refractivity contribution in [2.45, 2.75) is 12.5 Å². The fraction of sp³-hybridized carbons (Fsp3) is 0.0500. The van der Waals surface area contributed by atoms with Crippen LogP contribution in [0.15, 0.2) is 146 Å². The molecule has 1 aliphatic carbocycles. The van der Waals surface area contributed by atoms with Gasteiger partial charge in [-0.15, -0.1) is 11.3 Å². The van der Waals surface area contributed by atoms with E-state index < -0.39 is 0 Å². The van der Waals surface area contributed by atoms with Gasteiger partial charge in [0.05, 0.1) is 6.04 Å². The minimum atomic E-state index is 0.255. The van der Waals surface area contributed by atoms with Crippen molar-refractivity contribution >= 4 is 65.0 Å². The van der Waals surface area contributed by atoms with Gasteiger partial charge >= 0.3 is 0 Å². The molecule has 1 atom stereocenters. The molecule has 6 aromatic carbocycles. The Hall–Kier alpha value is -5.12. The molecule has 0 amide bonds. The molecule has 9 rings (SSSR count). The number of thiophene rings is 1. The van der Waals surface area contributed by atoms with Crippen molar-refractivity contribution in [3.05, 3.63) is 146 Å². The van der Waals surface area contributed by atoms with Gasteiger partial charge in [-0.05, 0) is 77.0 Å². The van der Waals surface area contributed by atoms with Crippen LogP contribution in [0.2, 0.25) is 0 Å². The third-order valence-electron chi connectivity index (χ3n) is 8.91. The monoisotopic (exact) mass is 568 g/mol. The smallest absolute Gasteiger partial charge is 0.0559 e. The number of hydrogen-bond donors (Lipinski definition) is 1. The van der Waals surface area contributed by atoms with Crippen molar-refractivity contribution in [2.75, 3.05) is 10.2 Å². The molecule has 2 aliphatic rings. The number of benzene rings is 6. The first-order chi connectivity index (χ1) is 21.3. The van der Waals surface area contributed by atoms with Crippen molar-refractivity contribution < 1.29 is 0 Å². The summed E-state index contributed by atoms with van der Waals surface area (Å²) in [5.41, 5.74) is 9.79. The summed E-state index contributed by atoms with van der Waals surface area (Å²) in [6, 6.07) is 44.9. The van der Waals surface area contributed by atoms with Crippen molar-refractivity contribution in [2.24, 2.45) is 0 Å². The molecule has 1 aliphatic heterocycles. The molecule has 0 fully saturated rings. The van der Waals surface area contributed by atoms with Gasteiger partial charge in [-0.25, -0.2) is 0 Å². The van der Waals surface area contributed by atoms with Gasteiger partial charge in [0, 0.05) is 53.9 Å². The zero-order valence-corrected chi connectivity index (χ0v) is 24.3. The van der Waals surface area contributed by atoms with Crippen molar-refractivity contribution in [1.82, 2.24) is 0 Å². The van der Waals surface area contributed by atoms with Crippen molar-refractivity contribution in [3.63, 3.8) is 0 Å². The number of nitrogens with one attached hydrogen (secondary N) is 1. The molecule has 0 bridgehead atoms. The second kappa shape index (κ2) is 9.72. The Bertz CT molecular complexity index is 2250. The molecular weight excluding hydrogens is 541 g/mol. The largest absolute Gasteiger partial charge is 0.354 e. The van der Waals surface area contributed by atoms with Crippen LogP contribution in [-0.4, -0.2) is 6.04 Å². The summed E-state index contributed by atoms with van der Waals surface area (Å²) < 4.78 is 2.67. The Balaban J connectivity index is 1.15. The maximum atomic E-state index is 3.67. The van der Waals surface area contributed by atoms with E-state index >= 15 is 0 Å². The second-order valence-electron chi connectivity index (χ2n) is 11.4. The Morgan fingerprint density at radius 1 is 0.581 bits per heavy atom. The highest BCUT2D eigenvalue weighted by Gasteiger charge is 2.22. The SMILES string of the molecule is C1=CCC(N(c2ccc(-c3ccc4c5c(cccc35)-c3ccccc3N4)cc2)c2ccc3sc4ccccc4c3c2)C=C1. The molecule has 2 nitrogen and oxygen atoms in total. The first kappa shape index (κ1) is 24.5. The number of nitrogens with zero attached hydrogens (tertiary/aromatic N) is 1. The molecule has 3 heteroatoms. The summed E-state index contributed by atoms with van der Waals surface area (Å²) in [5.74, 6) is 0. The molecule has 1 N–H and O–H groups in total. The fourth-order valence-corrected chi connectivity index (χ4v) is 8.00. The van der Waals surface area contributed by atoms with Gasteiger partial charge in [0.2, 0.25) is 0 Å². The fourth-order valence-electron chi connectivity index (χ4n) is 6.92. The lowest BCUT2D eigenvalue weighted by Gasteiger charge is -2.33. The first-order valence-corrected chi connectivity index (χ1v) is 15.7. The van der Waals surface area contributed by atoms with Crippen LogP contribution in [0.5, 0.6) is 0 Å². The number of hydrogen-bond acceptors (Lipinski definition) is 3. The predicted octanol–water partition coefficient (Wildman–Crippen LogP) is 11.6. The molecule has 204 valence electrons. The summed E-state index contributed by atoms with van der Waals surface area (Å²) in [7, 11) is 0. The highest BCUT2D eigenvalue weighted by Crippen LogP contribution is 2.46. The van der Waals surface area contributed by atoms with Crippen LogP contribution < -0.4 is 10.2 Å². The van der Waals surface area contributed by atoms with E-state index in [1.807, 2.05) is 11.3 Å². The van der Waals surface area contributed by atoms with Gasteiger partial charge in [0.25, 0.3) is 0 Å². The lowest BCUT2D eigenvalue weighted by molar-refractivity contribution is 0.785. The normalized spacial score (nSPS) is 15.1. The quantitative estimate of drug-likeness (QED) is 0.227. The molecule has 1 unspecified atom stereocenters. The number of anilines is 4. The maximum absolute atomic E-state index is 3.67. The van der Waals surface area contributed by atoms with E-state index in [4.69, 9.17) is 0 Å². The third-order valence-corrected chi connectivity index (χ3v) is 10.1. The summed E-state index contributed by atoms with van der Waals surface area (Å²) in [4.78, 5) is 2.49. The number of allylic oxidation sites excluding steroid dienone is 2. The third kappa shape index (κ3) is 3.93. The van der Waals surface area contributed by atoms with E-state index in [9.17, 15) is 0 Å². The van der Waals surface area contributed by atoms with Gasteiger partial charge in [0.15, 0.2) is 0 Å². The van der Waals surface area contributed by atoms with Crippen LogP contribution in [0.1, 0.15) is 6.42 Å². The molecule has 2 heterocycles. The van der Waals surface area contributed by atoms with Crippen LogP contribution in [0, 0.1) is 0 Å². The van der Waals surface area contributed by atoms with Crippen molar-refractivity contribution in [1.29, 1.82) is 0 Å². The maximum Gasteiger partial charge on any atom is 0.0559 e. The van der Waals surface area contributed by atoms with E-state index in [0.717, 1.165) is 6.42 Å². The van der Waals surface area contributed by atoms with Crippen LogP contribution in [0.3, 0.4) is 0 Å². The lowest BCUT2D eigenvalue weighted by atomic mass is 9.89. The van der Waals surface area contributed by atoms with Crippen molar-refractivity contribution in [3.8, 4) is 22.3 Å². The molecule has 43 heavy (non-hydrogen) atoms. The molecule has 0 saturated carbocycles. The van der Waals surface area contributed by atoms with Gasteiger partial charge in [0.1, 0.15) is 0 Å². The Morgan fingerprint density at radius 2 is 1.37 bits per heavy atom. The average Bonchev–Trinajstić information content (AvgIpc) is 3.44. The van der Waals surface area contributed by atoms with Gasteiger partial charge in [-0.3, -0.25) is 0 Å². The second-order valence-corrected chi connectivity index (χ2v) is 12.5. The van der Waals surface area contributed by atoms with E-state index in [1.165, 1.54) is 75.9 Å². The Morgan fingerprint density at radius 3 is 2.28 bits per heavy atom. The average molecular weight is 569 g/mol. The molecule has 0 radical (unpaired) electrons. The summed E-state index contributed by atoms with van der Waals surface area (Å²) >= 11 is 1.87. The minimum absolute atomic E-state index is 0.255. The van der Waals surface area contributed by atoms with Gasteiger partial charge < -0.3 is 10.2 Å². The number of rotatable bonds is 4. The zero-order chi connectivity index (χ0) is 28.3. The van der Waals surface area contributed by atoms with Crippen LogP contribution in [0.4, 0.5) is 22.7 Å². The standard InChI is InChI=1S/C40H28N2S/c1-2-9-27(10-3-1)42(29-21-24-39-35(25-29)32-12-5-7-16-38(32)43-39)28-19-17-26(18-20-28)30-22-23-37-40-33(30)13-8-14-34(40)31-11-4-6-15-36(31)41-37/h1-9,11-25,27,41H,10H2. The van der Waals surface area contributed by atoms with E-state index in [-0.39, 0.29) is 6.04 Å². The highest BCUT2D eigenvalue weighted by molar-refractivity contribution is 7.25. The molecule has 0 saturated heterocycles. The topological polar surface area (TPSA) is 15.3 Å². The van der Waals surface area contributed by atoms with Crippen LogP contribution in [-0.2, 0) is 0 Å². The van der Waals surface area contributed by atoms with Gasteiger partial charge in [-0.2, -0.15) is 0 Å². The summed E-state index contributed by atoms with van der Waals surface area (Å²) in [6.07, 6.45) is 9.89. The zero-order valence-electron chi connectivity index (χ0n) is 23.5. The minimum Gasteiger partial charge on any atom is -0.354 e. The van der Waals surface area contributed by atoms with Gasteiger partial charge in [-0.1, -0.05) is 97.1 Å². The van der Waals surface area contributed by atoms with Crippen LogP contribution >= 0.6 is 11.3 Å². The number of fused-ring (bicyclic) bond motifs is 5. The van der Waals surface area contributed by atoms with E-state index in [2.05, 4.69) is 156 Å². The molecular formula is C40H28N2S. The Kier molecular flexibility index (Phi) is 5.53. The highest BCUT2D eigenvalue weighted by atomic mass is 32.1. The van der Waals surface area contributed by atoms with E-state index in [0.29, 0.717) is 0 Å². The first-order valence-electron chi connectivity index (χ1n) is 14.9. The molecule has 0 spiro atoms. The van der Waals surface area contributed by atoms with Crippen LogP contribution in [0.25, 0.3) is 53.2 Å². The molecule has 1 aromatic heterocycles. The molecule has 7 aromatic rings. The van der Waals surface area contributed by atoms with E-state index in [1.54, 1.807) is 0 Å². The lowest BCUT2D eigenvalue weighted by Crippen LogP contribution is -2.29. The summed E-state index contributed by atoms with van der Waals surface area (Å²) in [6.45, 7) is 0. The Labute approximate surface area is 254 Å². The predicted molar refractivity (Wildman–Crippen MR) is 186 cm³/mol.